The highest BCUT2D eigenvalue weighted by Gasteiger charge is 2.47. The molecule has 34 heavy (non-hydrogen) atoms. The number of nitriles is 1. The number of H-pyrrole nitrogens is 1. The van der Waals surface area contributed by atoms with Gasteiger partial charge in [0.25, 0.3) is 0 Å². The second-order valence-electron chi connectivity index (χ2n) is 9.09. The monoisotopic (exact) mass is 455 g/mol. The summed E-state index contributed by atoms with van der Waals surface area (Å²) in [6.07, 6.45) is 4.55. The average Bonchev–Trinajstić information content (AvgIpc) is 3.55. The van der Waals surface area contributed by atoms with Gasteiger partial charge in [-0.1, -0.05) is 6.07 Å². The Labute approximate surface area is 196 Å². The van der Waals surface area contributed by atoms with E-state index in [1.807, 2.05) is 23.6 Å². The summed E-state index contributed by atoms with van der Waals surface area (Å²) in [7, 11) is 0. The van der Waals surface area contributed by atoms with Crippen molar-refractivity contribution in [1.82, 2.24) is 24.7 Å². The number of nitrogens with one attached hydrogen (secondary N) is 1. The fourth-order valence-electron chi connectivity index (χ4n) is 5.28. The average molecular weight is 456 g/mol. The van der Waals surface area contributed by atoms with Crippen LogP contribution in [0.15, 0.2) is 36.7 Å². The zero-order valence-corrected chi connectivity index (χ0v) is 19.0. The fraction of sp³-hybridized carbons (Fsp3) is 0.360. The van der Waals surface area contributed by atoms with Gasteiger partial charge in [0.05, 0.1) is 41.0 Å². The van der Waals surface area contributed by atoms with Gasteiger partial charge in [0.2, 0.25) is 0 Å². The molecule has 0 aliphatic carbocycles. The first kappa shape index (κ1) is 20.8. The van der Waals surface area contributed by atoms with Gasteiger partial charge in [-0.25, -0.2) is 9.97 Å². The number of fused-ring (bicyclic) bond motifs is 1. The molecule has 2 fully saturated rings. The van der Waals surface area contributed by atoms with E-state index in [2.05, 4.69) is 44.3 Å². The van der Waals surface area contributed by atoms with Gasteiger partial charge >= 0.3 is 0 Å². The lowest BCUT2D eigenvalue weighted by atomic mass is 9.93. The number of imidazole rings is 1. The molecular weight excluding hydrogens is 430 g/mol. The predicted octanol–water partition coefficient (Wildman–Crippen LogP) is 2.89. The van der Waals surface area contributed by atoms with Gasteiger partial charge in [0.1, 0.15) is 18.2 Å². The van der Waals surface area contributed by atoms with Crippen molar-refractivity contribution in [2.45, 2.75) is 31.7 Å². The molecule has 0 amide bonds. The zero-order valence-electron chi connectivity index (χ0n) is 19.0. The van der Waals surface area contributed by atoms with Crippen molar-refractivity contribution in [2.24, 2.45) is 0 Å². The molecule has 2 aliphatic heterocycles. The van der Waals surface area contributed by atoms with Crippen LogP contribution in [0, 0.1) is 18.3 Å². The van der Waals surface area contributed by atoms with Crippen LogP contribution < -0.4 is 4.90 Å². The van der Waals surface area contributed by atoms with Crippen LogP contribution in [0.3, 0.4) is 0 Å². The van der Waals surface area contributed by atoms with E-state index in [-0.39, 0.29) is 12.1 Å². The van der Waals surface area contributed by atoms with Crippen LogP contribution in [-0.2, 0) is 11.2 Å². The lowest BCUT2D eigenvalue weighted by molar-refractivity contribution is -0.0505. The summed E-state index contributed by atoms with van der Waals surface area (Å²) in [6.45, 7) is 4.46. The Kier molecular flexibility index (Phi) is 4.86. The first-order valence-electron chi connectivity index (χ1n) is 11.5. The first-order valence-corrected chi connectivity index (χ1v) is 11.5. The Balaban J connectivity index is 1.47. The molecule has 0 atom stereocenters. The molecule has 172 valence electrons. The highest BCUT2D eigenvalue weighted by atomic mass is 16.5. The Hall–Kier alpha value is -3.74. The number of ether oxygens (including phenoxy) is 1. The predicted molar refractivity (Wildman–Crippen MR) is 127 cm³/mol. The van der Waals surface area contributed by atoms with E-state index in [1.54, 1.807) is 6.33 Å². The number of benzene rings is 1. The van der Waals surface area contributed by atoms with E-state index in [4.69, 9.17) is 9.72 Å². The number of hydrogen-bond donors (Lipinski definition) is 2. The summed E-state index contributed by atoms with van der Waals surface area (Å²) < 4.78 is 7.55. The number of hydrogen-bond acceptors (Lipinski definition) is 7. The van der Waals surface area contributed by atoms with Gasteiger partial charge in [-0.05, 0) is 56.0 Å². The number of anilines is 1. The van der Waals surface area contributed by atoms with Crippen molar-refractivity contribution >= 4 is 16.7 Å². The van der Waals surface area contributed by atoms with Gasteiger partial charge in [0, 0.05) is 24.5 Å². The Morgan fingerprint density at radius 3 is 2.91 bits per heavy atom. The Bertz CT molecular complexity index is 1430. The van der Waals surface area contributed by atoms with Crippen LogP contribution in [0.1, 0.15) is 29.8 Å². The maximum absolute atomic E-state index is 9.59. The number of aliphatic hydroxyl groups excluding tert-OH is 1. The van der Waals surface area contributed by atoms with Crippen molar-refractivity contribution in [3.05, 3.63) is 53.6 Å². The van der Waals surface area contributed by atoms with E-state index in [9.17, 15) is 10.4 Å². The third-order valence-corrected chi connectivity index (χ3v) is 7.06. The van der Waals surface area contributed by atoms with Crippen LogP contribution in [0.4, 0.5) is 5.69 Å². The minimum absolute atomic E-state index is 0.00845. The number of aryl methyl sites for hydroxylation is 1. The summed E-state index contributed by atoms with van der Waals surface area (Å²) in [5, 5.41) is 26.2. The molecule has 1 aromatic carbocycles. The summed E-state index contributed by atoms with van der Waals surface area (Å²) in [5.74, 6) is 0.698. The molecule has 0 saturated carbocycles. The van der Waals surface area contributed by atoms with E-state index >= 15 is 0 Å². The Morgan fingerprint density at radius 1 is 1.26 bits per heavy atom. The standard InChI is InChI=1S/C25H25N7O2/c1-16-23(20(12-26)30-29-16)24-17(7-10-33)3-6-22(28-24)31-15-27-19-5-4-18(11-21(19)31)32-9-2-8-25(32)13-34-14-25/h3-6,11,15,33H,2,7-10,13-14H2,1H3,(H,29,30). The molecule has 9 nitrogen and oxygen atoms in total. The fourth-order valence-corrected chi connectivity index (χ4v) is 5.28. The summed E-state index contributed by atoms with van der Waals surface area (Å²) in [5.41, 5.74) is 6.40. The van der Waals surface area contributed by atoms with Crippen molar-refractivity contribution in [3.8, 4) is 23.1 Å². The number of aromatic nitrogens is 5. The molecule has 2 aliphatic rings. The number of aromatic amines is 1. The third kappa shape index (κ3) is 3.10. The van der Waals surface area contributed by atoms with Crippen LogP contribution in [0.25, 0.3) is 28.1 Å². The number of aliphatic hydroxyl groups is 1. The topological polar surface area (TPSA) is 116 Å². The molecule has 4 aromatic rings. The quantitative estimate of drug-likeness (QED) is 0.475. The summed E-state index contributed by atoms with van der Waals surface area (Å²) in [6, 6.07) is 12.4. The SMILES string of the molecule is Cc1[nH]nc(C#N)c1-c1nc(-n2cnc3ccc(N4CCCC45COC5)cc32)ccc1CCO. The lowest BCUT2D eigenvalue weighted by Crippen LogP contribution is -2.59. The van der Waals surface area contributed by atoms with Crippen LogP contribution >= 0.6 is 0 Å². The molecule has 2 saturated heterocycles. The first-order chi connectivity index (χ1) is 16.6. The summed E-state index contributed by atoms with van der Waals surface area (Å²) in [4.78, 5) is 12.0. The maximum Gasteiger partial charge on any atom is 0.171 e. The second kappa shape index (κ2) is 7.94. The van der Waals surface area contributed by atoms with Crippen molar-refractivity contribution in [1.29, 1.82) is 5.26 Å². The largest absolute Gasteiger partial charge is 0.396 e. The van der Waals surface area contributed by atoms with Crippen LogP contribution in [0.2, 0.25) is 0 Å². The molecule has 0 radical (unpaired) electrons. The molecule has 0 unspecified atom stereocenters. The molecule has 2 N–H and O–H groups in total. The zero-order chi connectivity index (χ0) is 23.3. The second-order valence-corrected chi connectivity index (χ2v) is 9.09. The van der Waals surface area contributed by atoms with E-state index < -0.39 is 0 Å². The number of rotatable bonds is 5. The van der Waals surface area contributed by atoms with Gasteiger partial charge < -0.3 is 14.7 Å². The molecule has 6 rings (SSSR count). The highest BCUT2D eigenvalue weighted by Crippen LogP contribution is 2.40. The van der Waals surface area contributed by atoms with Gasteiger partial charge in [-0.3, -0.25) is 9.67 Å². The number of pyridine rings is 1. The summed E-state index contributed by atoms with van der Waals surface area (Å²) >= 11 is 0. The van der Waals surface area contributed by atoms with Gasteiger partial charge in [-0.15, -0.1) is 0 Å². The van der Waals surface area contributed by atoms with Crippen LogP contribution in [0.5, 0.6) is 0 Å². The minimum atomic E-state index is -0.00845. The highest BCUT2D eigenvalue weighted by molar-refractivity contribution is 5.82. The minimum Gasteiger partial charge on any atom is -0.396 e. The normalized spacial score (nSPS) is 16.8. The molecule has 0 bridgehead atoms. The molecule has 5 heterocycles. The van der Waals surface area contributed by atoms with Crippen molar-refractivity contribution in [3.63, 3.8) is 0 Å². The smallest absolute Gasteiger partial charge is 0.171 e. The Morgan fingerprint density at radius 2 is 2.15 bits per heavy atom. The van der Waals surface area contributed by atoms with Crippen LogP contribution in [-0.4, -0.2) is 61.7 Å². The molecular formula is C25H25N7O2. The van der Waals surface area contributed by atoms with Crippen molar-refractivity contribution in [2.75, 3.05) is 31.3 Å². The number of nitrogens with zero attached hydrogens (tertiary/aromatic N) is 6. The maximum atomic E-state index is 9.59. The van der Waals surface area contributed by atoms with E-state index in [0.29, 0.717) is 29.2 Å². The van der Waals surface area contributed by atoms with Gasteiger partial charge in [-0.2, -0.15) is 10.4 Å². The van der Waals surface area contributed by atoms with E-state index in [1.165, 1.54) is 12.1 Å². The molecule has 9 heteroatoms. The van der Waals surface area contributed by atoms with E-state index in [0.717, 1.165) is 48.5 Å². The third-order valence-electron chi connectivity index (χ3n) is 7.06. The molecule has 1 spiro atoms. The lowest BCUT2D eigenvalue weighted by Gasteiger charge is -2.46. The molecule has 3 aromatic heterocycles. The van der Waals surface area contributed by atoms with Gasteiger partial charge in [0.15, 0.2) is 5.69 Å². The van der Waals surface area contributed by atoms with Crippen molar-refractivity contribution < 1.29 is 9.84 Å².